The number of alkyl halides is 1. The minimum absolute atomic E-state index is 0.0209. The van der Waals surface area contributed by atoms with E-state index in [-0.39, 0.29) is 16.6 Å². The third-order valence-electron chi connectivity index (χ3n) is 5.37. The first kappa shape index (κ1) is 19.0. The van der Waals surface area contributed by atoms with Gasteiger partial charge in [0.2, 0.25) is 9.84 Å². The molecule has 1 aliphatic rings. The molecule has 3 aromatic rings. The monoisotopic (exact) mass is 398 g/mol. The molecule has 7 heteroatoms. The first-order valence-electron chi connectivity index (χ1n) is 9.43. The van der Waals surface area contributed by atoms with E-state index in [1.807, 2.05) is 12.1 Å². The van der Waals surface area contributed by atoms with Gasteiger partial charge in [0.25, 0.3) is 0 Å². The Balaban J connectivity index is 1.66. The first-order chi connectivity index (χ1) is 13.6. The number of para-hydroxylation sites is 1. The lowest BCUT2D eigenvalue weighted by Crippen LogP contribution is -2.34. The van der Waals surface area contributed by atoms with E-state index < -0.39 is 9.84 Å². The van der Waals surface area contributed by atoms with E-state index in [4.69, 9.17) is 0 Å². The molecule has 0 atom stereocenters. The number of fused-ring (bicyclic) bond motifs is 1. The maximum Gasteiger partial charge on any atom is 0.225 e. The summed E-state index contributed by atoms with van der Waals surface area (Å²) in [4.78, 5) is 10.8. The van der Waals surface area contributed by atoms with Gasteiger partial charge in [-0.05, 0) is 55.6 Å². The van der Waals surface area contributed by atoms with Gasteiger partial charge in [-0.2, -0.15) is 0 Å². The van der Waals surface area contributed by atoms with Crippen molar-refractivity contribution in [2.75, 3.05) is 26.3 Å². The molecule has 0 saturated carbocycles. The summed E-state index contributed by atoms with van der Waals surface area (Å²) in [5.74, 6) is 0.352. The summed E-state index contributed by atoms with van der Waals surface area (Å²) < 4.78 is 38.2. The maximum absolute atomic E-state index is 12.8. The summed E-state index contributed by atoms with van der Waals surface area (Å²) in [7, 11) is -3.70. The number of benzene rings is 1. The fraction of sp³-hybridized carbons (Fsp3) is 0.333. The van der Waals surface area contributed by atoms with Crippen LogP contribution in [0.25, 0.3) is 10.9 Å². The van der Waals surface area contributed by atoms with Crippen molar-refractivity contribution in [3.8, 4) is 0 Å². The van der Waals surface area contributed by atoms with Crippen molar-refractivity contribution in [1.82, 2.24) is 14.9 Å². The predicted octanol–water partition coefficient (Wildman–Crippen LogP) is 3.61. The van der Waals surface area contributed by atoms with E-state index in [2.05, 4.69) is 20.9 Å². The normalized spacial score (nSPS) is 16.5. The molecule has 1 saturated heterocycles. The summed E-state index contributed by atoms with van der Waals surface area (Å²) in [5.41, 5.74) is 1.98. The molecule has 0 aliphatic carbocycles. The topological polar surface area (TPSA) is 63.2 Å². The van der Waals surface area contributed by atoms with Crippen molar-refractivity contribution >= 4 is 20.7 Å². The predicted molar refractivity (Wildman–Crippen MR) is 106 cm³/mol. The molecule has 1 fully saturated rings. The van der Waals surface area contributed by atoms with Gasteiger partial charge in [-0.25, -0.2) is 17.8 Å². The Morgan fingerprint density at radius 2 is 1.89 bits per heavy atom. The minimum Gasteiger partial charge on any atom is -0.301 e. The number of rotatable bonds is 5. The molecule has 28 heavy (non-hydrogen) atoms. The summed E-state index contributed by atoms with van der Waals surface area (Å²) in [6.07, 6.45) is 4.80. The van der Waals surface area contributed by atoms with Gasteiger partial charge < -0.3 is 4.90 Å². The molecule has 0 spiro atoms. The summed E-state index contributed by atoms with van der Waals surface area (Å²) >= 11 is 0. The van der Waals surface area contributed by atoms with Gasteiger partial charge in [0, 0.05) is 24.3 Å². The van der Waals surface area contributed by atoms with Crippen molar-refractivity contribution in [1.29, 1.82) is 0 Å². The largest absolute Gasteiger partial charge is 0.301 e. The second kappa shape index (κ2) is 7.93. The van der Waals surface area contributed by atoms with E-state index in [0.717, 1.165) is 42.4 Å². The quantitative estimate of drug-likeness (QED) is 0.657. The Kier molecular flexibility index (Phi) is 5.37. The van der Waals surface area contributed by atoms with Crippen LogP contribution in [0.2, 0.25) is 0 Å². The maximum atomic E-state index is 12.8. The average Bonchev–Trinajstić information content (AvgIpc) is 2.74. The van der Waals surface area contributed by atoms with Crippen LogP contribution in [0.15, 0.2) is 64.8 Å². The number of nitrogens with zero attached hydrogens (tertiary/aromatic N) is 3. The minimum atomic E-state index is -3.70. The zero-order valence-electron chi connectivity index (χ0n) is 15.5. The van der Waals surface area contributed by atoms with Crippen molar-refractivity contribution in [2.45, 2.75) is 28.7 Å². The van der Waals surface area contributed by atoms with E-state index in [9.17, 15) is 12.8 Å². The molecule has 0 unspecified atom stereocenters. The lowest BCUT2D eigenvalue weighted by Gasteiger charge is -2.31. The van der Waals surface area contributed by atoms with Crippen LogP contribution in [0.4, 0.5) is 4.39 Å². The zero-order valence-corrected chi connectivity index (χ0v) is 16.3. The van der Waals surface area contributed by atoms with Gasteiger partial charge in [0.1, 0.15) is 6.67 Å². The third-order valence-corrected chi connectivity index (χ3v) is 7.00. The van der Waals surface area contributed by atoms with Gasteiger partial charge in [0.15, 0.2) is 5.03 Å². The molecule has 2 aromatic heterocycles. The molecule has 5 nitrogen and oxygen atoms in total. The number of hydrogen-bond donors (Lipinski definition) is 0. The highest BCUT2D eigenvalue weighted by molar-refractivity contribution is 7.91. The number of likely N-dealkylation sites (tertiary alicyclic amines) is 1. The van der Waals surface area contributed by atoms with Crippen LogP contribution in [0.5, 0.6) is 0 Å². The fourth-order valence-corrected chi connectivity index (χ4v) is 5.03. The Morgan fingerprint density at radius 1 is 1.07 bits per heavy atom. The highest BCUT2D eigenvalue weighted by Gasteiger charge is 2.24. The standard InChI is InChI=1S/C21H22FN3O2S/c22-9-13-25-11-7-16(8-12-25)19-5-3-4-17-14-18(15-24-21(17)19)28(26,27)20-6-1-2-10-23-20/h1-6,10,14-16H,7-9,11-13H2/i22-1. The van der Waals surface area contributed by atoms with Crippen LogP contribution in [0.3, 0.4) is 0 Å². The smallest absolute Gasteiger partial charge is 0.225 e. The Morgan fingerprint density at radius 3 is 2.61 bits per heavy atom. The summed E-state index contributed by atoms with van der Waals surface area (Å²) in [5, 5.41) is 0.827. The molecule has 0 N–H and O–H groups in total. The lowest BCUT2D eigenvalue weighted by molar-refractivity contribution is 0.197. The summed E-state index contributed by atoms with van der Waals surface area (Å²) in [6.45, 7) is 1.93. The van der Waals surface area contributed by atoms with Crippen LogP contribution in [-0.2, 0) is 9.84 Å². The Labute approximate surface area is 164 Å². The van der Waals surface area contributed by atoms with Crippen molar-refractivity contribution in [3.63, 3.8) is 0 Å². The number of halogens is 1. The molecule has 4 rings (SSSR count). The van der Waals surface area contributed by atoms with Gasteiger partial charge in [-0.3, -0.25) is 4.98 Å². The SMILES string of the molecule is O=S(=O)(c1cnc2c(C3CCN(CC[18F])CC3)cccc2c1)c1ccccn1. The zero-order chi connectivity index (χ0) is 19.6. The molecule has 146 valence electrons. The Bertz CT molecular complexity index is 1070. The molecular formula is C21H22FN3O2S. The fourth-order valence-electron chi connectivity index (χ4n) is 3.85. The average molecular weight is 398 g/mol. The van der Waals surface area contributed by atoms with Crippen LogP contribution in [0, 0.1) is 0 Å². The van der Waals surface area contributed by atoms with E-state index >= 15 is 0 Å². The van der Waals surface area contributed by atoms with Gasteiger partial charge >= 0.3 is 0 Å². The molecule has 1 aliphatic heterocycles. The number of aromatic nitrogens is 2. The van der Waals surface area contributed by atoms with Crippen molar-refractivity contribution in [3.05, 3.63) is 60.4 Å². The second-order valence-corrected chi connectivity index (χ2v) is 8.96. The van der Waals surface area contributed by atoms with E-state index in [1.165, 1.54) is 18.5 Å². The number of sulfone groups is 1. The van der Waals surface area contributed by atoms with Crippen LogP contribution >= 0.6 is 0 Å². The van der Waals surface area contributed by atoms with Gasteiger partial charge in [-0.1, -0.05) is 24.3 Å². The molecule has 0 amide bonds. The van der Waals surface area contributed by atoms with Crippen molar-refractivity contribution < 1.29 is 12.8 Å². The summed E-state index contributed by atoms with van der Waals surface area (Å²) in [6, 6.07) is 12.4. The first-order valence-corrected chi connectivity index (χ1v) is 10.9. The van der Waals surface area contributed by atoms with Crippen LogP contribution in [-0.4, -0.2) is 49.6 Å². The second-order valence-electron chi connectivity index (χ2n) is 7.07. The van der Waals surface area contributed by atoms with Crippen LogP contribution < -0.4 is 0 Å². The molecule has 0 radical (unpaired) electrons. The van der Waals surface area contributed by atoms with Crippen LogP contribution in [0.1, 0.15) is 24.3 Å². The molecule has 3 heterocycles. The third kappa shape index (κ3) is 3.64. The van der Waals surface area contributed by atoms with Crippen molar-refractivity contribution in [2.24, 2.45) is 0 Å². The van der Waals surface area contributed by atoms with Gasteiger partial charge in [0.05, 0.1) is 10.4 Å². The Hall–Kier alpha value is -2.38. The van der Waals surface area contributed by atoms with Gasteiger partial charge in [-0.15, -0.1) is 0 Å². The van der Waals surface area contributed by atoms with E-state index in [0.29, 0.717) is 12.5 Å². The highest BCUT2D eigenvalue weighted by atomic mass is 32.2. The number of pyridine rings is 2. The molecule has 1 aromatic carbocycles. The van der Waals surface area contributed by atoms with E-state index in [1.54, 1.807) is 18.2 Å². The number of piperidine rings is 1. The molecule has 0 bridgehead atoms. The lowest BCUT2D eigenvalue weighted by atomic mass is 9.88. The number of hydrogen-bond acceptors (Lipinski definition) is 5. The highest BCUT2D eigenvalue weighted by Crippen LogP contribution is 2.33. The molecular weight excluding hydrogens is 376 g/mol.